The van der Waals surface area contributed by atoms with Crippen LogP contribution in [0.2, 0.25) is 0 Å². The summed E-state index contributed by atoms with van der Waals surface area (Å²) in [5.74, 6) is 3.48. The third kappa shape index (κ3) is 4.35. The number of H-pyrrole nitrogens is 1. The maximum atomic E-state index is 13.8. The molecule has 4 aliphatic rings. The van der Waals surface area contributed by atoms with E-state index in [1.165, 1.54) is 19.3 Å². The first-order valence-electron chi connectivity index (χ1n) is 15.1. The van der Waals surface area contributed by atoms with Gasteiger partial charge in [0.15, 0.2) is 5.82 Å². The van der Waals surface area contributed by atoms with Crippen LogP contribution in [0.15, 0.2) is 18.5 Å². The third-order valence-electron chi connectivity index (χ3n) is 10.00. The van der Waals surface area contributed by atoms with Gasteiger partial charge in [0.05, 0.1) is 34.6 Å². The second-order valence-corrected chi connectivity index (χ2v) is 13.2. The Morgan fingerprint density at radius 3 is 2.70 bits per heavy atom. The first kappa shape index (κ1) is 25.8. The van der Waals surface area contributed by atoms with E-state index in [2.05, 4.69) is 56.8 Å². The molecule has 10 heteroatoms. The van der Waals surface area contributed by atoms with Crippen LogP contribution in [0.25, 0.3) is 22.3 Å². The van der Waals surface area contributed by atoms with E-state index in [-0.39, 0.29) is 17.7 Å². The van der Waals surface area contributed by atoms with Gasteiger partial charge in [0.25, 0.3) is 0 Å². The number of aromatic nitrogens is 5. The van der Waals surface area contributed by atoms with E-state index in [4.69, 9.17) is 14.8 Å². The van der Waals surface area contributed by atoms with Crippen molar-refractivity contribution in [2.75, 3.05) is 37.0 Å². The monoisotopic (exact) mass is 546 g/mol. The summed E-state index contributed by atoms with van der Waals surface area (Å²) < 4.78 is 7.57. The van der Waals surface area contributed by atoms with Crippen LogP contribution in [0, 0.1) is 23.7 Å². The quantitative estimate of drug-likeness (QED) is 0.426. The van der Waals surface area contributed by atoms with Crippen molar-refractivity contribution in [3.8, 4) is 11.4 Å². The number of nitrogens with zero attached hydrogens (tertiary/aromatic N) is 6. The number of hydrogen-bond acceptors (Lipinski definition) is 6. The number of urea groups is 1. The topological polar surface area (TPSA) is 104 Å². The van der Waals surface area contributed by atoms with Gasteiger partial charge in [-0.3, -0.25) is 14.8 Å². The van der Waals surface area contributed by atoms with E-state index in [0.717, 1.165) is 79.5 Å². The first-order valence-corrected chi connectivity index (χ1v) is 15.1. The molecule has 7 rings (SSSR count). The fraction of sp³-hybridized carbons (Fsp3) is 0.667. The normalized spacial score (nSPS) is 24.5. The summed E-state index contributed by atoms with van der Waals surface area (Å²) in [6, 6.07) is 2.07. The number of methoxy groups -OCH3 is 1. The molecule has 4 fully saturated rings. The van der Waals surface area contributed by atoms with E-state index in [0.29, 0.717) is 23.4 Å². The molecule has 40 heavy (non-hydrogen) atoms. The Morgan fingerprint density at radius 1 is 1.23 bits per heavy atom. The average Bonchev–Trinajstić information content (AvgIpc) is 3.31. The summed E-state index contributed by atoms with van der Waals surface area (Å²) in [5.41, 5.74) is 3.22. The molecule has 2 saturated heterocycles. The molecule has 214 valence electrons. The van der Waals surface area contributed by atoms with Crippen LogP contribution in [0.1, 0.15) is 59.3 Å². The number of hydrogen-bond donors (Lipinski definition) is 2. The van der Waals surface area contributed by atoms with Gasteiger partial charge in [-0.2, -0.15) is 10.2 Å². The highest BCUT2D eigenvalue weighted by molar-refractivity contribution is 5.96. The Labute approximate surface area is 235 Å². The zero-order valence-corrected chi connectivity index (χ0v) is 24.2. The van der Waals surface area contributed by atoms with Gasteiger partial charge in [0.1, 0.15) is 5.69 Å². The van der Waals surface area contributed by atoms with Gasteiger partial charge >= 0.3 is 6.03 Å². The molecule has 2 atom stereocenters. The van der Waals surface area contributed by atoms with E-state index in [9.17, 15) is 4.79 Å². The van der Waals surface area contributed by atoms with Crippen LogP contribution in [0.3, 0.4) is 0 Å². The van der Waals surface area contributed by atoms with E-state index >= 15 is 0 Å². The molecule has 2 aliphatic heterocycles. The number of anilines is 2. The highest BCUT2D eigenvalue weighted by Crippen LogP contribution is 2.54. The van der Waals surface area contributed by atoms with E-state index in [1.54, 1.807) is 13.3 Å². The fourth-order valence-corrected chi connectivity index (χ4v) is 7.27. The number of nitrogens with one attached hydrogen (secondary N) is 2. The van der Waals surface area contributed by atoms with Crippen molar-refractivity contribution in [3.63, 3.8) is 0 Å². The van der Waals surface area contributed by atoms with Crippen molar-refractivity contribution in [1.82, 2.24) is 29.9 Å². The van der Waals surface area contributed by atoms with Gasteiger partial charge in [-0.1, -0.05) is 40.0 Å². The van der Waals surface area contributed by atoms with Gasteiger partial charge in [0.2, 0.25) is 0 Å². The fourth-order valence-electron chi connectivity index (χ4n) is 7.27. The highest BCUT2D eigenvalue weighted by Gasteiger charge is 2.56. The van der Waals surface area contributed by atoms with E-state index in [1.807, 2.05) is 6.20 Å². The molecule has 2 N–H and O–H groups in total. The average molecular weight is 547 g/mol. The summed E-state index contributed by atoms with van der Waals surface area (Å²) in [4.78, 5) is 23.0. The number of carbonyl (C=O) groups is 1. The lowest BCUT2D eigenvalue weighted by atomic mass is 9.67. The van der Waals surface area contributed by atoms with Crippen molar-refractivity contribution >= 4 is 28.4 Å². The molecule has 1 spiro atoms. The van der Waals surface area contributed by atoms with Crippen molar-refractivity contribution in [3.05, 3.63) is 18.5 Å². The number of aromatic amines is 1. The molecule has 0 aromatic carbocycles. The van der Waals surface area contributed by atoms with Crippen molar-refractivity contribution in [2.24, 2.45) is 23.7 Å². The van der Waals surface area contributed by atoms with Crippen LogP contribution < -0.4 is 10.2 Å². The van der Waals surface area contributed by atoms with E-state index < -0.39 is 0 Å². The second-order valence-electron chi connectivity index (χ2n) is 13.2. The number of amides is 2. The van der Waals surface area contributed by atoms with Crippen LogP contribution in [0.4, 0.5) is 16.3 Å². The predicted octanol–water partition coefficient (Wildman–Crippen LogP) is 5.14. The van der Waals surface area contributed by atoms with Crippen molar-refractivity contribution in [1.29, 1.82) is 0 Å². The molecule has 2 amide bonds. The molecular formula is C30H42N8O2. The maximum absolute atomic E-state index is 13.8. The predicted molar refractivity (Wildman–Crippen MR) is 155 cm³/mol. The zero-order chi connectivity index (χ0) is 27.6. The summed E-state index contributed by atoms with van der Waals surface area (Å²) in [6.07, 6.45) is 11.2. The van der Waals surface area contributed by atoms with Gasteiger partial charge in [-0.05, 0) is 49.0 Å². The minimum absolute atomic E-state index is 0.00457. The number of piperidine rings is 1. The first-order chi connectivity index (χ1) is 19.3. The number of carbonyl (C=O) groups excluding carboxylic acids is 1. The third-order valence-corrected chi connectivity index (χ3v) is 10.00. The molecule has 2 saturated carbocycles. The minimum Gasteiger partial charge on any atom is -0.378 e. The number of likely N-dealkylation sites (tertiary alicyclic amines) is 1. The number of ether oxygens (including phenoxy) is 1. The van der Waals surface area contributed by atoms with Gasteiger partial charge < -0.3 is 19.9 Å². The largest absolute Gasteiger partial charge is 0.378 e. The molecule has 5 heterocycles. The summed E-state index contributed by atoms with van der Waals surface area (Å²) in [6.45, 7) is 10.2. The molecule has 2 aliphatic carbocycles. The Balaban J connectivity index is 1.15. The summed E-state index contributed by atoms with van der Waals surface area (Å²) in [7, 11) is 1.76. The molecule has 1 unspecified atom stereocenters. The summed E-state index contributed by atoms with van der Waals surface area (Å²) >= 11 is 0. The smallest absolute Gasteiger partial charge is 0.322 e. The number of pyridine rings is 1. The second kappa shape index (κ2) is 9.75. The molecule has 0 radical (unpaired) electrons. The lowest BCUT2D eigenvalue weighted by molar-refractivity contribution is 0.0317. The Bertz CT molecular complexity index is 1400. The van der Waals surface area contributed by atoms with Gasteiger partial charge in [-0.25, -0.2) is 4.79 Å². The standard InChI is InChI=1S/C30H42N8O2/c1-18(2)14-38-26-10-24(31-12-22(26)28(35-38)36-15-21(16-36)40-4)27-25(13-32-34-27)33-29(39)37-17-23(20-6-5-7-20)19(3)11-30(37)8-9-30/h10,12-13,18-21,23H,5-9,11,14-17H2,1-4H3,(H,32,34)(H,33,39)/t19-,23?/m1/s1. The highest BCUT2D eigenvalue weighted by atomic mass is 16.5. The molecule has 3 aromatic rings. The Kier molecular flexibility index (Phi) is 6.29. The zero-order valence-electron chi connectivity index (χ0n) is 24.2. The van der Waals surface area contributed by atoms with Crippen LogP contribution >= 0.6 is 0 Å². The van der Waals surface area contributed by atoms with Crippen LogP contribution in [-0.2, 0) is 11.3 Å². The molecule has 3 aromatic heterocycles. The maximum Gasteiger partial charge on any atom is 0.322 e. The minimum atomic E-state index is -0.00457. The van der Waals surface area contributed by atoms with Crippen LogP contribution in [-0.4, -0.2) is 74.3 Å². The SMILES string of the molecule is COC1CN(c2nn(CC(C)C)c3cc(-c4[nH]ncc4NC(=O)N4CC(C5CCC5)[C@H](C)CC45CC5)ncc23)C1. The number of rotatable bonds is 7. The molecular weight excluding hydrogens is 504 g/mol. The molecule has 10 nitrogen and oxygen atoms in total. The number of fused-ring (bicyclic) bond motifs is 1. The van der Waals surface area contributed by atoms with Gasteiger partial charge in [-0.15, -0.1) is 0 Å². The van der Waals surface area contributed by atoms with Crippen molar-refractivity contribution < 1.29 is 9.53 Å². The van der Waals surface area contributed by atoms with Crippen LogP contribution in [0.5, 0.6) is 0 Å². The van der Waals surface area contributed by atoms with Gasteiger partial charge in [0, 0.05) is 45.0 Å². The Morgan fingerprint density at radius 2 is 2.02 bits per heavy atom. The lowest BCUT2D eigenvalue weighted by Crippen LogP contribution is -2.54. The molecule has 0 bridgehead atoms. The summed E-state index contributed by atoms with van der Waals surface area (Å²) in [5, 5.41) is 16.6. The Hall–Kier alpha value is -3.14. The van der Waals surface area contributed by atoms with Crippen molar-refractivity contribution in [2.45, 2.75) is 77.5 Å². The lowest BCUT2D eigenvalue weighted by Gasteiger charge is -2.48.